The molecule has 8 heteroatoms. The molecular formula is C8H14N4O4. The second-order valence-corrected chi connectivity index (χ2v) is 3.20. The summed E-state index contributed by atoms with van der Waals surface area (Å²) in [6.45, 7) is 2.01. The van der Waals surface area contributed by atoms with E-state index in [1.165, 1.54) is 0 Å². The highest BCUT2D eigenvalue weighted by Crippen LogP contribution is 2.00. The van der Waals surface area contributed by atoms with Crippen LogP contribution in [0.15, 0.2) is 0 Å². The van der Waals surface area contributed by atoms with Crippen LogP contribution in [0.1, 0.15) is 13.3 Å². The molecule has 1 rings (SSSR count). The van der Waals surface area contributed by atoms with E-state index in [9.17, 15) is 14.4 Å². The normalized spacial score (nSPS) is 19.0. The summed E-state index contributed by atoms with van der Waals surface area (Å²) in [6, 6.07) is -1.18. The summed E-state index contributed by atoms with van der Waals surface area (Å²) in [7, 11) is 0. The van der Waals surface area contributed by atoms with Crippen molar-refractivity contribution in [1.82, 2.24) is 15.6 Å². The van der Waals surface area contributed by atoms with Gasteiger partial charge in [0.2, 0.25) is 0 Å². The predicted octanol–water partition coefficient (Wildman–Crippen LogP) is -1.08. The molecule has 16 heavy (non-hydrogen) atoms. The van der Waals surface area contributed by atoms with Crippen LogP contribution in [-0.2, 0) is 9.53 Å². The van der Waals surface area contributed by atoms with E-state index in [0.29, 0.717) is 0 Å². The Labute approximate surface area is 92.1 Å². The highest BCUT2D eigenvalue weighted by atomic mass is 16.6. The Bertz CT molecular complexity index is 306. The molecule has 1 saturated heterocycles. The maximum atomic E-state index is 11.1. The number of hydrazine groups is 1. The Morgan fingerprint density at radius 2 is 2.25 bits per heavy atom. The van der Waals surface area contributed by atoms with Crippen molar-refractivity contribution < 1.29 is 19.1 Å². The van der Waals surface area contributed by atoms with E-state index in [4.69, 9.17) is 5.84 Å². The molecule has 0 radical (unpaired) electrons. The Hall–Kier alpha value is -1.83. The smallest absolute Gasteiger partial charge is 0.424 e. The summed E-state index contributed by atoms with van der Waals surface area (Å²) in [4.78, 5) is 33.0. The zero-order valence-electron chi connectivity index (χ0n) is 8.86. The lowest BCUT2D eigenvalue weighted by Gasteiger charge is -2.16. The number of carbonyl (C=O) groups excluding carboxylic acids is 3. The van der Waals surface area contributed by atoms with Crippen molar-refractivity contribution in [2.45, 2.75) is 19.4 Å². The SMILES string of the molecule is CCOC(=O)N(N)CCC1NC(=O)NC1=O. The number of carbonyl (C=O) groups is 3. The van der Waals surface area contributed by atoms with Crippen LogP contribution in [0.5, 0.6) is 0 Å². The largest absolute Gasteiger partial charge is 0.449 e. The van der Waals surface area contributed by atoms with Gasteiger partial charge in [0.15, 0.2) is 0 Å². The van der Waals surface area contributed by atoms with Crippen LogP contribution in [0.4, 0.5) is 9.59 Å². The first-order chi connectivity index (χ1) is 7.54. The zero-order valence-corrected chi connectivity index (χ0v) is 8.86. The van der Waals surface area contributed by atoms with Gasteiger partial charge in [-0.15, -0.1) is 0 Å². The zero-order chi connectivity index (χ0) is 12.1. The summed E-state index contributed by atoms with van der Waals surface area (Å²) in [5, 5.41) is 5.34. The fourth-order valence-electron chi connectivity index (χ4n) is 1.23. The van der Waals surface area contributed by atoms with Crippen molar-refractivity contribution in [1.29, 1.82) is 0 Å². The first-order valence-electron chi connectivity index (χ1n) is 4.85. The third kappa shape index (κ3) is 3.09. The number of nitrogens with zero attached hydrogens (tertiary/aromatic N) is 1. The molecule has 0 bridgehead atoms. The van der Waals surface area contributed by atoms with E-state index in [2.05, 4.69) is 15.4 Å². The number of imide groups is 1. The van der Waals surface area contributed by atoms with Gasteiger partial charge in [0, 0.05) is 6.54 Å². The van der Waals surface area contributed by atoms with Gasteiger partial charge in [-0.1, -0.05) is 0 Å². The number of nitrogens with two attached hydrogens (primary N) is 1. The summed E-state index contributed by atoms with van der Waals surface area (Å²) in [5.74, 6) is 4.96. The third-order valence-electron chi connectivity index (χ3n) is 2.02. The number of hydrogen-bond acceptors (Lipinski definition) is 5. The van der Waals surface area contributed by atoms with Gasteiger partial charge < -0.3 is 10.1 Å². The number of ether oxygens (including phenoxy) is 1. The van der Waals surface area contributed by atoms with E-state index < -0.39 is 24.1 Å². The highest BCUT2D eigenvalue weighted by molar-refractivity contribution is 6.04. The Morgan fingerprint density at radius 3 is 2.75 bits per heavy atom. The Balaban J connectivity index is 2.31. The molecule has 0 saturated carbocycles. The minimum Gasteiger partial charge on any atom is -0.449 e. The van der Waals surface area contributed by atoms with Crippen LogP contribution < -0.4 is 16.5 Å². The maximum absolute atomic E-state index is 11.1. The fraction of sp³-hybridized carbons (Fsp3) is 0.625. The molecular weight excluding hydrogens is 216 g/mol. The number of rotatable bonds is 4. The molecule has 8 nitrogen and oxygen atoms in total. The quantitative estimate of drug-likeness (QED) is 0.246. The molecule has 4 N–H and O–H groups in total. The van der Waals surface area contributed by atoms with Crippen LogP contribution in [0.25, 0.3) is 0 Å². The Morgan fingerprint density at radius 1 is 1.56 bits per heavy atom. The standard InChI is InChI=1S/C8H14N4O4/c1-2-16-8(15)12(9)4-3-5-6(13)11-7(14)10-5/h5H,2-4,9H2,1H3,(H2,10,11,13,14). The van der Waals surface area contributed by atoms with Gasteiger partial charge in [-0.25, -0.2) is 20.4 Å². The highest BCUT2D eigenvalue weighted by Gasteiger charge is 2.29. The predicted molar refractivity (Wildman–Crippen MR) is 53.0 cm³/mol. The lowest BCUT2D eigenvalue weighted by molar-refractivity contribution is -0.120. The van der Waals surface area contributed by atoms with Crippen molar-refractivity contribution in [2.75, 3.05) is 13.2 Å². The van der Waals surface area contributed by atoms with Gasteiger partial charge in [-0.2, -0.15) is 0 Å². The second-order valence-electron chi connectivity index (χ2n) is 3.20. The number of amides is 4. The number of hydrogen-bond donors (Lipinski definition) is 3. The van der Waals surface area contributed by atoms with Gasteiger partial charge in [-0.3, -0.25) is 10.1 Å². The molecule has 1 atom stereocenters. The minimum absolute atomic E-state index is 0.122. The lowest BCUT2D eigenvalue weighted by Crippen LogP contribution is -2.42. The molecule has 0 aromatic heterocycles. The molecule has 4 amide bonds. The molecule has 0 spiro atoms. The fourth-order valence-corrected chi connectivity index (χ4v) is 1.23. The van der Waals surface area contributed by atoms with Crippen molar-refractivity contribution in [2.24, 2.45) is 5.84 Å². The van der Waals surface area contributed by atoms with Crippen molar-refractivity contribution in [3.8, 4) is 0 Å². The maximum Gasteiger partial charge on any atom is 0.424 e. The van der Waals surface area contributed by atoms with Gasteiger partial charge >= 0.3 is 12.1 Å². The number of urea groups is 1. The van der Waals surface area contributed by atoms with Gasteiger partial charge in [0.1, 0.15) is 6.04 Å². The van der Waals surface area contributed by atoms with Gasteiger partial charge in [0.05, 0.1) is 6.61 Å². The molecule has 1 fully saturated rings. The van der Waals surface area contributed by atoms with Crippen LogP contribution in [0.3, 0.4) is 0 Å². The summed E-state index contributed by atoms with van der Waals surface area (Å²) >= 11 is 0. The molecule has 0 aromatic carbocycles. The summed E-state index contributed by atoms with van der Waals surface area (Å²) in [6.07, 6.45) is -0.417. The van der Waals surface area contributed by atoms with E-state index in [1.807, 2.05) is 0 Å². The monoisotopic (exact) mass is 230 g/mol. The summed E-state index contributed by atoms with van der Waals surface area (Å²) < 4.78 is 4.64. The van der Waals surface area contributed by atoms with Crippen molar-refractivity contribution in [3.05, 3.63) is 0 Å². The lowest BCUT2D eigenvalue weighted by atomic mass is 10.2. The molecule has 90 valence electrons. The molecule has 1 aliphatic heterocycles. The summed E-state index contributed by atoms with van der Waals surface area (Å²) in [5.41, 5.74) is 0. The van der Waals surface area contributed by atoms with E-state index in [0.717, 1.165) is 5.01 Å². The van der Waals surface area contributed by atoms with Crippen LogP contribution in [-0.4, -0.2) is 42.2 Å². The minimum atomic E-state index is -0.660. The Kier molecular flexibility index (Phi) is 4.06. The molecule has 0 aromatic rings. The average Bonchev–Trinajstić information content (AvgIpc) is 2.54. The van der Waals surface area contributed by atoms with E-state index in [1.54, 1.807) is 6.92 Å². The van der Waals surface area contributed by atoms with Gasteiger partial charge in [-0.05, 0) is 13.3 Å². The van der Waals surface area contributed by atoms with Crippen molar-refractivity contribution in [3.63, 3.8) is 0 Å². The van der Waals surface area contributed by atoms with Crippen LogP contribution in [0.2, 0.25) is 0 Å². The first kappa shape index (κ1) is 12.2. The molecule has 1 unspecified atom stereocenters. The van der Waals surface area contributed by atoms with E-state index >= 15 is 0 Å². The molecule has 1 heterocycles. The first-order valence-corrected chi connectivity index (χ1v) is 4.85. The number of nitrogens with one attached hydrogen (secondary N) is 2. The van der Waals surface area contributed by atoms with Gasteiger partial charge in [0.25, 0.3) is 5.91 Å². The molecule has 1 aliphatic rings. The van der Waals surface area contributed by atoms with Crippen LogP contribution in [0, 0.1) is 0 Å². The molecule has 0 aliphatic carbocycles. The van der Waals surface area contributed by atoms with E-state index in [-0.39, 0.29) is 19.6 Å². The average molecular weight is 230 g/mol. The second kappa shape index (κ2) is 5.31. The van der Waals surface area contributed by atoms with Crippen LogP contribution >= 0.6 is 0 Å². The topological polar surface area (TPSA) is 114 Å². The third-order valence-corrected chi connectivity index (χ3v) is 2.02. The van der Waals surface area contributed by atoms with Crippen molar-refractivity contribution >= 4 is 18.0 Å².